The molecule has 3 rings (SSSR count). The summed E-state index contributed by atoms with van der Waals surface area (Å²) >= 11 is 0. The molecule has 2 aromatic rings. The first-order valence-electron chi connectivity index (χ1n) is 8.00. The number of hydrogen-bond acceptors (Lipinski definition) is 8. The average molecular weight is 344 g/mol. The fourth-order valence-corrected chi connectivity index (χ4v) is 2.63. The van der Waals surface area contributed by atoms with Crippen LogP contribution in [0.4, 0.5) is 5.95 Å². The Labute approximate surface area is 145 Å². The van der Waals surface area contributed by atoms with Gasteiger partial charge in [-0.1, -0.05) is 6.07 Å². The van der Waals surface area contributed by atoms with Crippen molar-refractivity contribution in [1.29, 1.82) is 0 Å². The summed E-state index contributed by atoms with van der Waals surface area (Å²) in [6, 6.07) is 5.81. The number of hydrogen-bond donors (Lipinski definition) is 1. The predicted octanol–water partition coefficient (Wildman–Crippen LogP) is 0.683. The first-order valence-corrected chi connectivity index (χ1v) is 8.00. The van der Waals surface area contributed by atoms with E-state index in [-0.39, 0.29) is 24.0 Å². The number of piperidine rings is 1. The van der Waals surface area contributed by atoms with Crippen LogP contribution in [-0.2, 0) is 0 Å². The molecule has 0 aromatic carbocycles. The Bertz CT molecular complexity index is 697. The Hall–Kier alpha value is -2.97. The van der Waals surface area contributed by atoms with Crippen molar-refractivity contribution >= 4 is 11.9 Å². The van der Waals surface area contributed by atoms with E-state index in [2.05, 4.69) is 25.3 Å². The maximum absolute atomic E-state index is 12.2. The second-order valence-corrected chi connectivity index (χ2v) is 5.56. The molecule has 1 aliphatic heterocycles. The van der Waals surface area contributed by atoms with E-state index in [9.17, 15) is 4.79 Å². The van der Waals surface area contributed by atoms with Gasteiger partial charge in [-0.05, 0) is 25.0 Å². The van der Waals surface area contributed by atoms with Gasteiger partial charge in [0.2, 0.25) is 5.95 Å². The summed E-state index contributed by atoms with van der Waals surface area (Å²) in [5.41, 5.74) is 0.428. The van der Waals surface area contributed by atoms with Crippen molar-refractivity contribution in [2.45, 2.75) is 18.9 Å². The number of methoxy groups -OCH3 is 2. The van der Waals surface area contributed by atoms with Gasteiger partial charge in [-0.3, -0.25) is 9.78 Å². The first-order chi connectivity index (χ1) is 12.2. The Morgan fingerprint density at radius 3 is 2.36 bits per heavy atom. The molecule has 1 N–H and O–H groups in total. The molecule has 0 spiro atoms. The maximum Gasteiger partial charge on any atom is 0.324 e. The van der Waals surface area contributed by atoms with Gasteiger partial charge in [-0.25, -0.2) is 0 Å². The van der Waals surface area contributed by atoms with Crippen molar-refractivity contribution in [2.24, 2.45) is 0 Å². The molecule has 1 fully saturated rings. The number of carbonyl (C=O) groups is 1. The lowest BCUT2D eigenvalue weighted by Crippen LogP contribution is -2.45. The summed E-state index contributed by atoms with van der Waals surface area (Å²) in [5, 5.41) is 3.02. The van der Waals surface area contributed by atoms with Crippen molar-refractivity contribution in [3.05, 3.63) is 30.1 Å². The molecule has 0 unspecified atom stereocenters. The lowest BCUT2D eigenvalue weighted by molar-refractivity contribution is 0.0926. The van der Waals surface area contributed by atoms with Gasteiger partial charge in [0.05, 0.1) is 14.2 Å². The van der Waals surface area contributed by atoms with Crippen LogP contribution in [0.2, 0.25) is 0 Å². The Morgan fingerprint density at radius 2 is 1.80 bits per heavy atom. The van der Waals surface area contributed by atoms with Crippen molar-refractivity contribution in [2.75, 3.05) is 32.2 Å². The summed E-state index contributed by atoms with van der Waals surface area (Å²) in [5.74, 6) is 0.362. The van der Waals surface area contributed by atoms with E-state index in [1.54, 1.807) is 24.4 Å². The molecule has 0 saturated carbocycles. The molecule has 0 atom stereocenters. The molecule has 1 amide bonds. The van der Waals surface area contributed by atoms with Crippen LogP contribution in [0.1, 0.15) is 23.3 Å². The first kappa shape index (κ1) is 16.9. The molecule has 1 aliphatic rings. The molecule has 3 heterocycles. The molecular weight excluding hydrogens is 324 g/mol. The minimum Gasteiger partial charge on any atom is -0.467 e. The highest BCUT2D eigenvalue weighted by Crippen LogP contribution is 2.20. The quantitative estimate of drug-likeness (QED) is 0.845. The van der Waals surface area contributed by atoms with Crippen molar-refractivity contribution in [3.63, 3.8) is 0 Å². The number of pyridine rings is 1. The molecule has 9 heteroatoms. The highest BCUT2D eigenvalue weighted by molar-refractivity contribution is 5.92. The van der Waals surface area contributed by atoms with Crippen molar-refractivity contribution in [3.8, 4) is 12.0 Å². The van der Waals surface area contributed by atoms with Gasteiger partial charge in [0.15, 0.2) is 0 Å². The second-order valence-electron chi connectivity index (χ2n) is 5.56. The standard InChI is InChI=1S/C16H20N6O3/c1-24-15-19-14(20-16(21-15)25-2)22-9-6-11(7-10-22)18-13(23)12-5-3-4-8-17-12/h3-5,8,11H,6-7,9-10H2,1-2H3,(H,18,23). The zero-order valence-electron chi connectivity index (χ0n) is 14.2. The van der Waals surface area contributed by atoms with E-state index >= 15 is 0 Å². The fourth-order valence-electron chi connectivity index (χ4n) is 2.63. The van der Waals surface area contributed by atoms with E-state index in [0.717, 1.165) is 12.8 Å². The monoisotopic (exact) mass is 344 g/mol. The molecule has 0 aliphatic carbocycles. The number of nitrogens with one attached hydrogen (secondary N) is 1. The summed E-state index contributed by atoms with van der Waals surface area (Å²) < 4.78 is 10.2. The number of aromatic nitrogens is 4. The molecule has 0 bridgehead atoms. The molecule has 2 aromatic heterocycles. The minimum atomic E-state index is -0.150. The number of amides is 1. The van der Waals surface area contributed by atoms with Crippen LogP contribution in [0.25, 0.3) is 0 Å². The third kappa shape index (κ3) is 4.11. The van der Waals surface area contributed by atoms with Gasteiger partial charge in [-0.2, -0.15) is 9.97 Å². The highest BCUT2D eigenvalue weighted by Gasteiger charge is 2.24. The van der Waals surface area contributed by atoms with Crippen molar-refractivity contribution in [1.82, 2.24) is 25.3 Å². The smallest absolute Gasteiger partial charge is 0.324 e. The van der Waals surface area contributed by atoms with Gasteiger partial charge in [0.25, 0.3) is 5.91 Å². The predicted molar refractivity (Wildman–Crippen MR) is 89.9 cm³/mol. The number of nitrogens with zero attached hydrogens (tertiary/aromatic N) is 5. The Balaban J connectivity index is 1.59. The van der Waals surface area contributed by atoms with Crippen LogP contribution < -0.4 is 19.7 Å². The molecule has 132 valence electrons. The SMILES string of the molecule is COc1nc(OC)nc(N2CCC(NC(=O)c3ccccn3)CC2)n1. The van der Waals surface area contributed by atoms with E-state index in [1.807, 2.05) is 4.90 Å². The number of anilines is 1. The number of ether oxygens (including phenoxy) is 2. The molecular formula is C16H20N6O3. The summed E-state index contributed by atoms with van der Waals surface area (Å²) in [4.78, 5) is 30.8. The summed E-state index contributed by atoms with van der Waals surface area (Å²) in [6.07, 6.45) is 3.18. The van der Waals surface area contributed by atoms with Crippen molar-refractivity contribution < 1.29 is 14.3 Å². The van der Waals surface area contributed by atoms with Gasteiger partial charge in [-0.15, -0.1) is 4.98 Å². The van der Waals surface area contributed by atoms with Crippen LogP contribution in [-0.4, -0.2) is 59.2 Å². The number of carbonyl (C=O) groups excluding carboxylic acids is 1. The van der Waals surface area contributed by atoms with E-state index < -0.39 is 0 Å². The van der Waals surface area contributed by atoms with Crippen LogP contribution in [0.3, 0.4) is 0 Å². The normalized spacial score (nSPS) is 14.9. The van der Waals surface area contributed by atoms with E-state index in [0.29, 0.717) is 24.7 Å². The van der Waals surface area contributed by atoms with Crippen LogP contribution in [0.5, 0.6) is 12.0 Å². The average Bonchev–Trinajstić information content (AvgIpc) is 2.68. The topological polar surface area (TPSA) is 102 Å². The van der Waals surface area contributed by atoms with Crippen LogP contribution >= 0.6 is 0 Å². The third-order valence-corrected chi connectivity index (χ3v) is 3.96. The van der Waals surface area contributed by atoms with Gasteiger partial charge in [0.1, 0.15) is 5.69 Å². The lowest BCUT2D eigenvalue weighted by Gasteiger charge is -2.32. The fraction of sp³-hybridized carbons (Fsp3) is 0.438. The third-order valence-electron chi connectivity index (χ3n) is 3.96. The second kappa shape index (κ2) is 7.73. The minimum absolute atomic E-state index is 0.0939. The summed E-state index contributed by atoms with van der Waals surface area (Å²) in [6.45, 7) is 1.42. The molecule has 1 saturated heterocycles. The largest absolute Gasteiger partial charge is 0.467 e. The Kier molecular flexibility index (Phi) is 5.22. The maximum atomic E-state index is 12.2. The molecule has 0 radical (unpaired) electrons. The summed E-state index contributed by atoms with van der Waals surface area (Å²) in [7, 11) is 3.00. The van der Waals surface area contributed by atoms with Crippen LogP contribution in [0.15, 0.2) is 24.4 Å². The van der Waals surface area contributed by atoms with E-state index in [4.69, 9.17) is 9.47 Å². The lowest BCUT2D eigenvalue weighted by atomic mass is 10.1. The molecule has 9 nitrogen and oxygen atoms in total. The van der Waals surface area contributed by atoms with Gasteiger partial charge in [0, 0.05) is 25.3 Å². The molecule has 25 heavy (non-hydrogen) atoms. The van der Waals surface area contributed by atoms with Crippen LogP contribution in [0, 0.1) is 0 Å². The Morgan fingerprint density at radius 1 is 1.12 bits per heavy atom. The highest BCUT2D eigenvalue weighted by atomic mass is 16.5. The van der Waals surface area contributed by atoms with E-state index in [1.165, 1.54) is 14.2 Å². The van der Waals surface area contributed by atoms with Gasteiger partial charge < -0.3 is 19.7 Å². The number of rotatable bonds is 5. The zero-order chi connectivity index (χ0) is 17.6. The zero-order valence-corrected chi connectivity index (χ0v) is 14.2. The van der Waals surface area contributed by atoms with Gasteiger partial charge >= 0.3 is 12.0 Å².